The number of carbonyl (C=O) groups is 1. The minimum atomic E-state index is -0.730. The standard InChI is InChI=1S/C14H20N2O2/c1-15-13-4-2-11(3-5-13)12-6-8-16(9-7-12)10-14(17)18/h2-5,12,15H,6-10H2,1H3,(H,17,18). The van der Waals surface area contributed by atoms with Crippen LogP contribution >= 0.6 is 0 Å². The quantitative estimate of drug-likeness (QED) is 0.855. The fourth-order valence-electron chi connectivity index (χ4n) is 2.54. The van der Waals surface area contributed by atoms with E-state index in [0.29, 0.717) is 5.92 Å². The molecular formula is C14H20N2O2. The molecule has 0 radical (unpaired) electrons. The van der Waals surface area contributed by atoms with Crippen LogP contribution in [0.5, 0.6) is 0 Å². The lowest BCUT2D eigenvalue weighted by atomic mass is 9.89. The molecule has 0 amide bonds. The number of nitrogens with one attached hydrogen (secondary N) is 1. The van der Waals surface area contributed by atoms with E-state index in [2.05, 4.69) is 29.6 Å². The van der Waals surface area contributed by atoms with Crippen LogP contribution < -0.4 is 5.32 Å². The number of piperidine rings is 1. The van der Waals surface area contributed by atoms with E-state index in [-0.39, 0.29) is 6.54 Å². The van der Waals surface area contributed by atoms with Crippen molar-refractivity contribution >= 4 is 11.7 Å². The molecule has 1 saturated heterocycles. The van der Waals surface area contributed by atoms with Crippen LogP contribution in [0.2, 0.25) is 0 Å². The van der Waals surface area contributed by atoms with Gasteiger partial charge in [-0.2, -0.15) is 0 Å². The molecule has 2 rings (SSSR count). The van der Waals surface area contributed by atoms with E-state index in [1.807, 2.05) is 11.9 Å². The lowest BCUT2D eigenvalue weighted by Crippen LogP contribution is -2.36. The second-order valence-corrected chi connectivity index (χ2v) is 4.82. The number of carboxylic acids is 1. The summed E-state index contributed by atoms with van der Waals surface area (Å²) in [5.41, 5.74) is 2.49. The molecule has 1 fully saturated rings. The maximum absolute atomic E-state index is 10.6. The van der Waals surface area contributed by atoms with Crippen molar-refractivity contribution < 1.29 is 9.90 Å². The Morgan fingerprint density at radius 1 is 1.33 bits per heavy atom. The Bertz CT molecular complexity index is 395. The molecule has 0 aliphatic carbocycles. The zero-order valence-corrected chi connectivity index (χ0v) is 10.7. The summed E-state index contributed by atoms with van der Waals surface area (Å²) >= 11 is 0. The first-order chi connectivity index (χ1) is 8.69. The number of rotatable bonds is 4. The van der Waals surface area contributed by atoms with Crippen LogP contribution in [-0.2, 0) is 4.79 Å². The minimum Gasteiger partial charge on any atom is -0.480 e. The fourth-order valence-corrected chi connectivity index (χ4v) is 2.54. The zero-order valence-electron chi connectivity index (χ0n) is 10.7. The Kier molecular flexibility index (Phi) is 4.20. The first-order valence-electron chi connectivity index (χ1n) is 6.41. The average molecular weight is 248 g/mol. The Hall–Kier alpha value is -1.55. The van der Waals surface area contributed by atoms with E-state index in [1.165, 1.54) is 5.56 Å². The van der Waals surface area contributed by atoms with E-state index >= 15 is 0 Å². The molecule has 1 aromatic carbocycles. The summed E-state index contributed by atoms with van der Waals surface area (Å²) in [4.78, 5) is 12.7. The lowest BCUT2D eigenvalue weighted by Gasteiger charge is -2.31. The monoisotopic (exact) mass is 248 g/mol. The van der Waals surface area contributed by atoms with Gasteiger partial charge in [0.25, 0.3) is 0 Å². The van der Waals surface area contributed by atoms with E-state index < -0.39 is 5.97 Å². The molecule has 0 unspecified atom stereocenters. The van der Waals surface area contributed by atoms with Gasteiger partial charge in [0.1, 0.15) is 0 Å². The molecule has 1 heterocycles. The van der Waals surface area contributed by atoms with Crippen LogP contribution in [0.15, 0.2) is 24.3 Å². The third-order valence-corrected chi connectivity index (χ3v) is 3.62. The van der Waals surface area contributed by atoms with Crippen LogP contribution in [0.25, 0.3) is 0 Å². The third kappa shape index (κ3) is 3.23. The summed E-state index contributed by atoms with van der Waals surface area (Å²) in [6, 6.07) is 8.53. The highest BCUT2D eigenvalue weighted by Crippen LogP contribution is 2.28. The van der Waals surface area contributed by atoms with Gasteiger partial charge in [-0.3, -0.25) is 9.69 Å². The van der Waals surface area contributed by atoms with Crippen LogP contribution in [-0.4, -0.2) is 42.7 Å². The highest BCUT2D eigenvalue weighted by Gasteiger charge is 2.21. The normalized spacial score (nSPS) is 17.6. The van der Waals surface area contributed by atoms with Gasteiger partial charge in [-0.05, 0) is 49.5 Å². The molecule has 1 aliphatic heterocycles. The van der Waals surface area contributed by atoms with Gasteiger partial charge < -0.3 is 10.4 Å². The highest BCUT2D eigenvalue weighted by molar-refractivity contribution is 5.69. The van der Waals surface area contributed by atoms with Crippen molar-refractivity contribution in [1.82, 2.24) is 4.90 Å². The maximum Gasteiger partial charge on any atom is 0.317 e. The number of benzene rings is 1. The third-order valence-electron chi connectivity index (χ3n) is 3.62. The van der Waals surface area contributed by atoms with Crippen molar-refractivity contribution in [3.05, 3.63) is 29.8 Å². The van der Waals surface area contributed by atoms with Crippen molar-refractivity contribution in [3.63, 3.8) is 0 Å². The zero-order chi connectivity index (χ0) is 13.0. The number of carboxylic acid groups (broad SMARTS) is 1. The van der Waals surface area contributed by atoms with Gasteiger partial charge >= 0.3 is 5.97 Å². The Morgan fingerprint density at radius 2 is 1.94 bits per heavy atom. The van der Waals surface area contributed by atoms with Gasteiger partial charge in [0.05, 0.1) is 6.54 Å². The van der Waals surface area contributed by atoms with Gasteiger partial charge in [0.15, 0.2) is 0 Å². The summed E-state index contributed by atoms with van der Waals surface area (Å²) in [6.07, 6.45) is 2.10. The number of nitrogens with zero attached hydrogens (tertiary/aromatic N) is 1. The van der Waals surface area contributed by atoms with Crippen molar-refractivity contribution in [3.8, 4) is 0 Å². The van der Waals surface area contributed by atoms with E-state index in [4.69, 9.17) is 5.11 Å². The Balaban J connectivity index is 1.90. The van der Waals surface area contributed by atoms with Crippen molar-refractivity contribution in [2.75, 3.05) is 32.0 Å². The Labute approximate surface area is 108 Å². The average Bonchev–Trinajstić information content (AvgIpc) is 2.39. The molecule has 0 bridgehead atoms. The Morgan fingerprint density at radius 3 is 2.44 bits per heavy atom. The summed E-state index contributed by atoms with van der Waals surface area (Å²) in [6.45, 7) is 1.93. The maximum atomic E-state index is 10.6. The molecule has 0 spiro atoms. The second kappa shape index (κ2) is 5.87. The molecule has 4 heteroatoms. The molecule has 1 aromatic rings. The first-order valence-corrected chi connectivity index (χ1v) is 6.41. The van der Waals surface area contributed by atoms with Crippen LogP contribution in [0.4, 0.5) is 5.69 Å². The lowest BCUT2D eigenvalue weighted by molar-refractivity contribution is -0.138. The molecule has 2 N–H and O–H groups in total. The summed E-state index contributed by atoms with van der Waals surface area (Å²) in [7, 11) is 1.92. The van der Waals surface area contributed by atoms with Crippen LogP contribution in [0, 0.1) is 0 Å². The molecule has 98 valence electrons. The van der Waals surface area contributed by atoms with Crippen LogP contribution in [0.1, 0.15) is 24.3 Å². The highest BCUT2D eigenvalue weighted by atomic mass is 16.4. The van der Waals surface area contributed by atoms with E-state index in [1.54, 1.807) is 0 Å². The van der Waals surface area contributed by atoms with Gasteiger partial charge in [-0.25, -0.2) is 0 Å². The van der Waals surface area contributed by atoms with Gasteiger partial charge in [0, 0.05) is 12.7 Å². The fraction of sp³-hybridized carbons (Fsp3) is 0.500. The molecule has 0 aromatic heterocycles. The number of likely N-dealkylation sites (tertiary alicyclic amines) is 1. The van der Waals surface area contributed by atoms with Crippen molar-refractivity contribution in [2.45, 2.75) is 18.8 Å². The van der Waals surface area contributed by atoms with Gasteiger partial charge in [0.2, 0.25) is 0 Å². The smallest absolute Gasteiger partial charge is 0.317 e. The predicted molar refractivity (Wildman–Crippen MR) is 72.0 cm³/mol. The number of anilines is 1. The molecule has 1 aliphatic rings. The number of hydrogen-bond acceptors (Lipinski definition) is 3. The van der Waals surface area contributed by atoms with Gasteiger partial charge in [-0.1, -0.05) is 12.1 Å². The summed E-state index contributed by atoms with van der Waals surface area (Å²) in [5, 5.41) is 11.9. The number of hydrogen-bond donors (Lipinski definition) is 2. The topological polar surface area (TPSA) is 52.6 Å². The summed E-state index contributed by atoms with van der Waals surface area (Å²) < 4.78 is 0. The molecule has 0 atom stereocenters. The minimum absolute atomic E-state index is 0.172. The van der Waals surface area contributed by atoms with E-state index in [9.17, 15) is 4.79 Å². The molecule has 18 heavy (non-hydrogen) atoms. The molecule has 0 saturated carbocycles. The largest absolute Gasteiger partial charge is 0.480 e. The van der Waals surface area contributed by atoms with Crippen molar-refractivity contribution in [1.29, 1.82) is 0 Å². The SMILES string of the molecule is CNc1ccc(C2CCN(CC(=O)O)CC2)cc1. The van der Waals surface area contributed by atoms with Crippen LogP contribution in [0.3, 0.4) is 0 Å². The predicted octanol–water partition coefficient (Wildman–Crippen LogP) is 1.99. The summed E-state index contributed by atoms with van der Waals surface area (Å²) in [5.74, 6) is -0.159. The second-order valence-electron chi connectivity index (χ2n) is 4.82. The van der Waals surface area contributed by atoms with Crippen molar-refractivity contribution in [2.24, 2.45) is 0 Å². The first kappa shape index (κ1) is 12.9. The number of aliphatic carboxylic acids is 1. The molecular weight excluding hydrogens is 228 g/mol. The molecule has 4 nitrogen and oxygen atoms in total. The van der Waals surface area contributed by atoms with E-state index in [0.717, 1.165) is 31.6 Å². The van der Waals surface area contributed by atoms with Gasteiger partial charge in [-0.15, -0.1) is 0 Å².